The molecule has 6 heteroatoms. The highest BCUT2D eigenvalue weighted by Gasteiger charge is 2.31. The monoisotopic (exact) mass is 305 g/mol. The number of benzene rings is 1. The van der Waals surface area contributed by atoms with Gasteiger partial charge in [0.15, 0.2) is 0 Å². The number of hydrogen-bond donors (Lipinski definition) is 4. The van der Waals surface area contributed by atoms with E-state index in [0.29, 0.717) is 23.6 Å². The molecule has 1 fully saturated rings. The molecule has 6 nitrogen and oxygen atoms in total. The molecule has 120 valence electrons. The summed E-state index contributed by atoms with van der Waals surface area (Å²) < 4.78 is 0. The molecule has 0 aliphatic carbocycles. The molecular formula is C16H23N3O3. The van der Waals surface area contributed by atoms with Gasteiger partial charge < -0.3 is 10.4 Å². The van der Waals surface area contributed by atoms with Gasteiger partial charge in [-0.15, -0.1) is 0 Å². The number of anilines is 1. The maximum absolute atomic E-state index is 12.3. The second-order valence-corrected chi connectivity index (χ2v) is 6.20. The fourth-order valence-electron chi connectivity index (χ4n) is 2.63. The lowest BCUT2D eigenvalue weighted by molar-refractivity contribution is -0.117. The minimum atomic E-state index is -0.992. The summed E-state index contributed by atoms with van der Waals surface area (Å²) in [7, 11) is 0. The third-order valence-corrected chi connectivity index (χ3v) is 4.11. The number of aryl methyl sites for hydroxylation is 2. The minimum absolute atomic E-state index is 0.154. The van der Waals surface area contributed by atoms with Crippen molar-refractivity contribution in [2.24, 2.45) is 5.92 Å². The quantitative estimate of drug-likeness (QED) is 0.681. The van der Waals surface area contributed by atoms with Crippen molar-refractivity contribution in [2.45, 2.75) is 46.2 Å². The molecule has 1 aliphatic heterocycles. The minimum Gasteiger partial charge on any atom is -0.478 e. The highest BCUT2D eigenvalue weighted by atomic mass is 16.4. The molecule has 1 heterocycles. The van der Waals surface area contributed by atoms with Crippen molar-refractivity contribution in [3.63, 3.8) is 0 Å². The summed E-state index contributed by atoms with van der Waals surface area (Å²) >= 11 is 0. The Balaban J connectivity index is 2.12. The Bertz CT molecular complexity index is 599. The zero-order valence-electron chi connectivity index (χ0n) is 13.4. The molecule has 1 aliphatic rings. The number of amides is 1. The van der Waals surface area contributed by atoms with E-state index in [9.17, 15) is 14.7 Å². The summed E-state index contributed by atoms with van der Waals surface area (Å²) in [5, 5.41) is 12.0. The van der Waals surface area contributed by atoms with E-state index in [0.717, 1.165) is 5.56 Å². The van der Waals surface area contributed by atoms with Crippen LogP contribution in [0.1, 0.15) is 41.8 Å². The summed E-state index contributed by atoms with van der Waals surface area (Å²) in [6.07, 6.45) is 0.709. The van der Waals surface area contributed by atoms with Gasteiger partial charge in [-0.05, 0) is 43.4 Å². The van der Waals surface area contributed by atoms with Gasteiger partial charge in [0.1, 0.15) is 6.04 Å². The number of carboxylic acid groups (broad SMARTS) is 1. The SMILES string of the molecule is Cc1cc(C)c(C(=O)O)cc1NC(=O)C1CC(C(C)C)NN1. The maximum Gasteiger partial charge on any atom is 0.336 e. The van der Waals surface area contributed by atoms with Crippen LogP contribution in [0.5, 0.6) is 0 Å². The molecule has 4 N–H and O–H groups in total. The Morgan fingerprint density at radius 2 is 1.91 bits per heavy atom. The molecule has 0 saturated carbocycles. The van der Waals surface area contributed by atoms with E-state index in [-0.39, 0.29) is 23.6 Å². The van der Waals surface area contributed by atoms with E-state index < -0.39 is 5.97 Å². The lowest BCUT2D eigenvalue weighted by Crippen LogP contribution is -2.40. The fourth-order valence-corrected chi connectivity index (χ4v) is 2.63. The third kappa shape index (κ3) is 3.45. The van der Waals surface area contributed by atoms with E-state index in [4.69, 9.17) is 0 Å². The summed E-state index contributed by atoms with van der Waals surface area (Å²) in [6, 6.07) is 3.23. The van der Waals surface area contributed by atoms with Gasteiger partial charge in [0.2, 0.25) is 5.91 Å². The lowest BCUT2D eigenvalue weighted by Gasteiger charge is -2.15. The Hall–Kier alpha value is -1.92. The topological polar surface area (TPSA) is 90.5 Å². The van der Waals surface area contributed by atoms with Crippen molar-refractivity contribution in [2.75, 3.05) is 5.32 Å². The number of rotatable bonds is 4. The summed E-state index contributed by atoms with van der Waals surface area (Å²) in [4.78, 5) is 23.6. The van der Waals surface area contributed by atoms with Crippen LogP contribution in [0.15, 0.2) is 12.1 Å². The van der Waals surface area contributed by atoms with Crippen LogP contribution >= 0.6 is 0 Å². The van der Waals surface area contributed by atoms with Gasteiger partial charge in [-0.3, -0.25) is 10.2 Å². The van der Waals surface area contributed by atoms with Crippen LogP contribution in [0.4, 0.5) is 5.69 Å². The average molecular weight is 305 g/mol. The summed E-state index contributed by atoms with van der Waals surface area (Å²) in [5.74, 6) is -0.711. The second-order valence-electron chi connectivity index (χ2n) is 6.20. The molecule has 0 spiro atoms. The lowest BCUT2D eigenvalue weighted by atomic mass is 9.99. The zero-order chi connectivity index (χ0) is 16.4. The number of carboxylic acids is 1. The van der Waals surface area contributed by atoms with Crippen molar-refractivity contribution >= 4 is 17.6 Å². The molecule has 1 saturated heterocycles. The second kappa shape index (κ2) is 6.46. The van der Waals surface area contributed by atoms with Crippen molar-refractivity contribution in [1.29, 1.82) is 0 Å². The van der Waals surface area contributed by atoms with Crippen molar-refractivity contribution in [3.05, 3.63) is 28.8 Å². The first-order chi connectivity index (χ1) is 10.3. The average Bonchev–Trinajstić information content (AvgIpc) is 2.91. The van der Waals surface area contributed by atoms with Gasteiger partial charge in [0.05, 0.1) is 5.56 Å². The Morgan fingerprint density at radius 1 is 1.23 bits per heavy atom. The van der Waals surface area contributed by atoms with Crippen molar-refractivity contribution in [3.8, 4) is 0 Å². The highest BCUT2D eigenvalue weighted by Crippen LogP contribution is 2.22. The maximum atomic E-state index is 12.3. The molecule has 1 aromatic carbocycles. The number of carbonyl (C=O) groups excluding carboxylic acids is 1. The summed E-state index contributed by atoms with van der Waals surface area (Å²) in [6.45, 7) is 7.80. The first-order valence-corrected chi connectivity index (χ1v) is 7.46. The van der Waals surface area contributed by atoms with E-state index in [1.165, 1.54) is 6.07 Å². The molecule has 2 atom stereocenters. The van der Waals surface area contributed by atoms with Crippen molar-refractivity contribution in [1.82, 2.24) is 10.9 Å². The molecule has 2 rings (SSSR count). The number of carbonyl (C=O) groups is 2. The van der Waals surface area contributed by atoms with E-state index in [1.54, 1.807) is 13.0 Å². The van der Waals surface area contributed by atoms with E-state index in [1.807, 2.05) is 6.92 Å². The molecule has 1 aromatic rings. The largest absolute Gasteiger partial charge is 0.478 e. The van der Waals surface area contributed by atoms with E-state index in [2.05, 4.69) is 30.0 Å². The Labute approximate surface area is 130 Å². The Kier molecular flexibility index (Phi) is 4.83. The first-order valence-electron chi connectivity index (χ1n) is 7.46. The molecule has 22 heavy (non-hydrogen) atoms. The van der Waals surface area contributed by atoms with E-state index >= 15 is 0 Å². The van der Waals surface area contributed by atoms with Gasteiger partial charge in [-0.25, -0.2) is 10.2 Å². The van der Waals surface area contributed by atoms with Crippen LogP contribution < -0.4 is 16.2 Å². The van der Waals surface area contributed by atoms with Crippen LogP contribution in [0.3, 0.4) is 0 Å². The zero-order valence-corrected chi connectivity index (χ0v) is 13.4. The number of nitrogens with one attached hydrogen (secondary N) is 3. The Morgan fingerprint density at radius 3 is 2.45 bits per heavy atom. The predicted molar refractivity (Wildman–Crippen MR) is 84.8 cm³/mol. The number of hydrogen-bond acceptors (Lipinski definition) is 4. The number of hydrazine groups is 1. The van der Waals surface area contributed by atoms with Crippen LogP contribution in [0.25, 0.3) is 0 Å². The van der Waals surface area contributed by atoms with Gasteiger partial charge in [-0.2, -0.15) is 0 Å². The van der Waals surface area contributed by atoms with Gasteiger partial charge >= 0.3 is 5.97 Å². The van der Waals surface area contributed by atoms with Gasteiger partial charge in [-0.1, -0.05) is 19.9 Å². The molecule has 2 unspecified atom stereocenters. The first kappa shape index (κ1) is 16.5. The molecule has 0 radical (unpaired) electrons. The predicted octanol–water partition coefficient (Wildman–Crippen LogP) is 1.83. The van der Waals surface area contributed by atoms with Crippen LogP contribution in [0, 0.1) is 19.8 Å². The number of aromatic carboxylic acids is 1. The summed E-state index contributed by atoms with van der Waals surface area (Å²) in [5.41, 5.74) is 8.40. The molecular weight excluding hydrogens is 282 g/mol. The molecule has 0 bridgehead atoms. The van der Waals surface area contributed by atoms with Gasteiger partial charge in [0.25, 0.3) is 0 Å². The normalized spacial score (nSPS) is 21.1. The van der Waals surface area contributed by atoms with Crippen LogP contribution in [0.2, 0.25) is 0 Å². The molecule has 1 amide bonds. The highest BCUT2D eigenvalue weighted by molar-refractivity contribution is 5.98. The smallest absolute Gasteiger partial charge is 0.336 e. The standard InChI is InChI=1S/C16H23N3O3/c1-8(2)12-7-14(19-18-12)15(20)17-13-6-11(16(21)22)9(3)5-10(13)4/h5-6,8,12,14,18-19H,7H2,1-4H3,(H,17,20)(H,21,22). The van der Waals surface area contributed by atoms with Gasteiger partial charge in [0, 0.05) is 11.7 Å². The fraction of sp³-hybridized carbons (Fsp3) is 0.500. The van der Waals surface area contributed by atoms with Crippen LogP contribution in [-0.4, -0.2) is 29.1 Å². The molecule has 0 aromatic heterocycles. The van der Waals surface area contributed by atoms with Crippen molar-refractivity contribution < 1.29 is 14.7 Å². The third-order valence-electron chi connectivity index (χ3n) is 4.11. The van der Waals surface area contributed by atoms with Crippen LogP contribution in [-0.2, 0) is 4.79 Å².